The number of sulfonamides is 1. The second-order valence-electron chi connectivity index (χ2n) is 6.74. The molecule has 0 saturated carbocycles. The highest BCUT2D eigenvalue weighted by molar-refractivity contribution is 7.89. The van der Waals surface area contributed by atoms with Crippen molar-refractivity contribution in [3.63, 3.8) is 0 Å². The highest BCUT2D eigenvalue weighted by Gasteiger charge is 2.34. The lowest BCUT2D eigenvalue weighted by Crippen LogP contribution is -2.43. The maximum Gasteiger partial charge on any atom is 0.245 e. The molecule has 0 spiro atoms. The molecule has 2 aromatic heterocycles. The summed E-state index contributed by atoms with van der Waals surface area (Å²) in [6.45, 7) is 2.36. The molecule has 1 aromatic carbocycles. The predicted octanol–water partition coefficient (Wildman–Crippen LogP) is 2.43. The number of anilines is 1. The van der Waals surface area contributed by atoms with Crippen LogP contribution < -0.4 is 5.32 Å². The lowest BCUT2D eigenvalue weighted by Gasteiger charge is -2.31. The summed E-state index contributed by atoms with van der Waals surface area (Å²) >= 11 is 0.984. The van der Waals surface area contributed by atoms with E-state index in [1.165, 1.54) is 4.31 Å². The van der Waals surface area contributed by atoms with Crippen molar-refractivity contribution in [2.45, 2.75) is 24.7 Å². The summed E-state index contributed by atoms with van der Waals surface area (Å²) < 4.78 is 36.0. The van der Waals surface area contributed by atoms with Crippen LogP contribution >= 0.6 is 11.7 Å². The van der Waals surface area contributed by atoms with E-state index in [4.69, 9.17) is 0 Å². The number of benzene rings is 1. The molecule has 0 aliphatic carbocycles. The first-order valence-corrected chi connectivity index (χ1v) is 11.1. The van der Waals surface area contributed by atoms with Gasteiger partial charge >= 0.3 is 0 Å². The molecule has 0 bridgehead atoms. The van der Waals surface area contributed by atoms with Crippen LogP contribution in [0.15, 0.2) is 41.3 Å². The van der Waals surface area contributed by atoms with Gasteiger partial charge in [0.05, 0.1) is 17.6 Å². The molecule has 1 saturated heterocycles. The van der Waals surface area contributed by atoms with Gasteiger partial charge < -0.3 is 5.32 Å². The van der Waals surface area contributed by atoms with Gasteiger partial charge in [-0.25, -0.2) is 13.4 Å². The fourth-order valence-corrected chi connectivity index (χ4v) is 5.62. The van der Waals surface area contributed by atoms with Crippen LogP contribution in [0.1, 0.15) is 18.5 Å². The van der Waals surface area contributed by atoms with E-state index >= 15 is 0 Å². The zero-order valence-corrected chi connectivity index (χ0v) is 16.8. The number of fused-ring (bicyclic) bond motifs is 1. The Bertz CT molecular complexity index is 1130. The standard InChI is InChI=1S/C18H19N5O3S2/c1-12-5-2-9-16(19-12)20-18(24)13-6-4-10-23(11-13)28(25,26)15-8-3-7-14-17(15)22-27-21-14/h2-3,5,7-9,13H,4,6,10-11H2,1H3,(H,19,20,24)/t13-/m1/s1. The number of amides is 1. The highest BCUT2D eigenvalue weighted by Crippen LogP contribution is 2.28. The average Bonchev–Trinajstić information content (AvgIpc) is 3.17. The number of carbonyl (C=O) groups is 1. The Kier molecular flexibility index (Phi) is 5.09. The van der Waals surface area contributed by atoms with Gasteiger partial charge in [-0.15, -0.1) is 0 Å². The van der Waals surface area contributed by atoms with Crippen molar-refractivity contribution in [2.24, 2.45) is 5.92 Å². The second kappa shape index (κ2) is 7.53. The van der Waals surface area contributed by atoms with Gasteiger partial charge in [-0.1, -0.05) is 12.1 Å². The third-order valence-corrected chi connectivity index (χ3v) is 7.20. The molecule has 0 radical (unpaired) electrons. The fourth-order valence-electron chi connectivity index (χ4n) is 3.34. The number of nitrogens with zero attached hydrogens (tertiary/aromatic N) is 4. The van der Waals surface area contributed by atoms with Gasteiger partial charge in [0.2, 0.25) is 15.9 Å². The van der Waals surface area contributed by atoms with Crippen molar-refractivity contribution in [1.29, 1.82) is 0 Å². The third-order valence-electron chi connectivity index (χ3n) is 4.76. The third kappa shape index (κ3) is 3.62. The SMILES string of the molecule is Cc1cccc(NC(=O)[C@@H]2CCCN(S(=O)(=O)c3cccc4nsnc34)C2)n1. The Morgan fingerprint density at radius 3 is 2.86 bits per heavy atom. The molecule has 1 atom stereocenters. The lowest BCUT2D eigenvalue weighted by molar-refractivity contribution is -0.120. The Morgan fingerprint density at radius 2 is 2.04 bits per heavy atom. The first-order chi connectivity index (χ1) is 13.4. The van der Waals surface area contributed by atoms with Crippen molar-refractivity contribution in [3.8, 4) is 0 Å². The molecule has 8 nitrogen and oxygen atoms in total. The van der Waals surface area contributed by atoms with E-state index in [2.05, 4.69) is 19.0 Å². The molecule has 1 aliphatic heterocycles. The van der Waals surface area contributed by atoms with Gasteiger partial charge in [-0.05, 0) is 44.0 Å². The first-order valence-electron chi connectivity index (χ1n) is 8.91. The van der Waals surface area contributed by atoms with Crippen LogP contribution in [0.2, 0.25) is 0 Å². The summed E-state index contributed by atoms with van der Waals surface area (Å²) in [5, 5.41) is 2.80. The minimum Gasteiger partial charge on any atom is -0.310 e. The number of hydrogen-bond donors (Lipinski definition) is 1. The molecule has 0 unspecified atom stereocenters. The van der Waals surface area contributed by atoms with E-state index < -0.39 is 15.9 Å². The van der Waals surface area contributed by atoms with Crippen LogP contribution in [0.4, 0.5) is 5.82 Å². The molecule has 3 heterocycles. The summed E-state index contributed by atoms with van der Waals surface area (Å²) in [7, 11) is -3.76. The number of pyridine rings is 1. The second-order valence-corrected chi connectivity index (χ2v) is 9.18. The van der Waals surface area contributed by atoms with Crippen molar-refractivity contribution in [1.82, 2.24) is 18.0 Å². The summed E-state index contributed by atoms with van der Waals surface area (Å²) in [6, 6.07) is 10.3. The number of carbonyl (C=O) groups excluding carboxylic acids is 1. The molecule has 10 heteroatoms. The molecule has 28 heavy (non-hydrogen) atoms. The molecule has 1 amide bonds. The number of aryl methyl sites for hydroxylation is 1. The zero-order valence-electron chi connectivity index (χ0n) is 15.2. The molecular weight excluding hydrogens is 398 g/mol. The summed E-state index contributed by atoms with van der Waals surface area (Å²) in [5.41, 5.74) is 1.74. The number of aromatic nitrogens is 3. The Labute approximate surface area is 167 Å². The van der Waals surface area contributed by atoms with Gasteiger partial charge in [0, 0.05) is 18.8 Å². The first kappa shape index (κ1) is 18.9. The minimum atomic E-state index is -3.76. The molecule has 3 aromatic rings. The number of hydrogen-bond acceptors (Lipinski definition) is 7. The van der Waals surface area contributed by atoms with Gasteiger partial charge in [-0.3, -0.25) is 4.79 Å². The van der Waals surface area contributed by atoms with Crippen molar-refractivity contribution >= 4 is 44.5 Å². The normalized spacial score (nSPS) is 18.2. The topological polar surface area (TPSA) is 105 Å². The van der Waals surface area contributed by atoms with Gasteiger partial charge in [0.15, 0.2) is 0 Å². The molecule has 1 fully saturated rings. The smallest absolute Gasteiger partial charge is 0.245 e. The maximum absolute atomic E-state index is 13.2. The van der Waals surface area contributed by atoms with Crippen molar-refractivity contribution in [2.75, 3.05) is 18.4 Å². The molecular formula is C18H19N5O3S2. The summed E-state index contributed by atoms with van der Waals surface area (Å²) in [5.74, 6) is -0.173. The van der Waals surface area contributed by atoms with Crippen LogP contribution in [0.3, 0.4) is 0 Å². The summed E-state index contributed by atoms with van der Waals surface area (Å²) in [6.07, 6.45) is 1.25. The van der Waals surface area contributed by atoms with E-state index in [1.807, 2.05) is 19.1 Å². The van der Waals surface area contributed by atoms with Gasteiger partial charge in [0.25, 0.3) is 0 Å². The number of piperidine rings is 1. The van der Waals surface area contributed by atoms with E-state index in [0.29, 0.717) is 36.2 Å². The van der Waals surface area contributed by atoms with Crippen LogP contribution in [0, 0.1) is 12.8 Å². The van der Waals surface area contributed by atoms with E-state index in [-0.39, 0.29) is 17.3 Å². The molecule has 1 N–H and O–H groups in total. The van der Waals surface area contributed by atoms with Crippen LogP contribution in [-0.4, -0.2) is 45.5 Å². The fraction of sp³-hybridized carbons (Fsp3) is 0.333. The van der Waals surface area contributed by atoms with E-state index in [9.17, 15) is 13.2 Å². The van der Waals surface area contributed by atoms with E-state index in [1.54, 1.807) is 24.3 Å². The monoisotopic (exact) mass is 417 g/mol. The Balaban J connectivity index is 1.54. The lowest BCUT2D eigenvalue weighted by atomic mass is 9.99. The van der Waals surface area contributed by atoms with Gasteiger partial charge in [-0.2, -0.15) is 13.1 Å². The van der Waals surface area contributed by atoms with Crippen molar-refractivity contribution in [3.05, 3.63) is 42.1 Å². The number of nitrogens with one attached hydrogen (secondary N) is 1. The highest BCUT2D eigenvalue weighted by atomic mass is 32.2. The van der Waals surface area contributed by atoms with E-state index in [0.717, 1.165) is 17.4 Å². The quantitative estimate of drug-likeness (QED) is 0.699. The Morgan fingerprint density at radius 1 is 1.21 bits per heavy atom. The maximum atomic E-state index is 13.2. The largest absolute Gasteiger partial charge is 0.310 e. The zero-order chi connectivity index (χ0) is 19.7. The molecule has 146 valence electrons. The summed E-state index contributed by atoms with van der Waals surface area (Å²) in [4.78, 5) is 17.1. The number of rotatable bonds is 4. The minimum absolute atomic E-state index is 0.133. The molecule has 1 aliphatic rings. The van der Waals surface area contributed by atoms with Crippen molar-refractivity contribution < 1.29 is 13.2 Å². The van der Waals surface area contributed by atoms with Crippen LogP contribution in [-0.2, 0) is 14.8 Å². The van der Waals surface area contributed by atoms with Crippen LogP contribution in [0.25, 0.3) is 11.0 Å². The predicted molar refractivity (Wildman–Crippen MR) is 107 cm³/mol. The van der Waals surface area contributed by atoms with Crippen LogP contribution in [0.5, 0.6) is 0 Å². The Hall–Kier alpha value is -2.43. The van der Waals surface area contributed by atoms with Gasteiger partial charge in [0.1, 0.15) is 21.7 Å². The molecule has 4 rings (SSSR count). The average molecular weight is 418 g/mol.